The van der Waals surface area contributed by atoms with E-state index in [-0.39, 0.29) is 25.0 Å². The van der Waals surface area contributed by atoms with Gasteiger partial charge < -0.3 is 10.1 Å². The van der Waals surface area contributed by atoms with Gasteiger partial charge in [0.05, 0.1) is 31.5 Å². The predicted octanol–water partition coefficient (Wildman–Crippen LogP) is 1.38. The molecule has 0 aromatic heterocycles. The molecule has 6 nitrogen and oxygen atoms in total. The highest BCUT2D eigenvalue weighted by Gasteiger charge is 2.18. The number of carbonyl (C=O) groups is 2. The fraction of sp³-hybridized carbons (Fsp3) is 0.400. The van der Waals surface area contributed by atoms with Crippen molar-refractivity contribution in [3.8, 4) is 6.07 Å². The molecule has 1 N–H and O–H groups in total. The molecule has 1 aromatic rings. The summed E-state index contributed by atoms with van der Waals surface area (Å²) in [5.74, 6) is -0.677. The predicted molar refractivity (Wildman–Crippen MR) is 78.5 cm³/mol. The van der Waals surface area contributed by atoms with E-state index in [0.29, 0.717) is 11.3 Å². The zero-order valence-corrected chi connectivity index (χ0v) is 12.4. The van der Waals surface area contributed by atoms with Crippen molar-refractivity contribution in [2.75, 3.05) is 25.5 Å². The number of anilines is 1. The summed E-state index contributed by atoms with van der Waals surface area (Å²) in [6.45, 7) is 3.87. The molecular weight excluding hydrogens is 270 g/mol. The minimum atomic E-state index is -0.395. The topological polar surface area (TPSA) is 82.4 Å². The van der Waals surface area contributed by atoms with Gasteiger partial charge in [0.15, 0.2) is 0 Å². The maximum Gasteiger partial charge on any atom is 0.319 e. The summed E-state index contributed by atoms with van der Waals surface area (Å²) in [6.07, 6.45) is 0. The van der Waals surface area contributed by atoms with E-state index >= 15 is 0 Å². The van der Waals surface area contributed by atoms with Crippen molar-refractivity contribution in [2.45, 2.75) is 19.9 Å². The van der Waals surface area contributed by atoms with Crippen molar-refractivity contribution >= 4 is 17.6 Å². The van der Waals surface area contributed by atoms with Gasteiger partial charge >= 0.3 is 5.97 Å². The second-order valence-electron chi connectivity index (χ2n) is 4.78. The third kappa shape index (κ3) is 5.24. The number of esters is 1. The van der Waals surface area contributed by atoms with E-state index in [2.05, 4.69) is 10.1 Å². The van der Waals surface area contributed by atoms with Crippen molar-refractivity contribution < 1.29 is 14.3 Å². The lowest BCUT2D eigenvalue weighted by Gasteiger charge is -2.24. The molecule has 0 heterocycles. The molecule has 0 bridgehead atoms. The monoisotopic (exact) mass is 289 g/mol. The third-order valence-electron chi connectivity index (χ3n) is 2.96. The molecule has 0 aliphatic rings. The SMILES string of the molecule is COC(=O)CN(CC(=O)Nc1ccccc1C#N)C(C)C. The highest BCUT2D eigenvalue weighted by Crippen LogP contribution is 2.13. The number of hydrogen-bond acceptors (Lipinski definition) is 5. The highest BCUT2D eigenvalue weighted by atomic mass is 16.5. The molecule has 0 unspecified atom stereocenters. The molecule has 1 rings (SSSR count). The Bertz CT molecular complexity index is 549. The average Bonchev–Trinajstić information content (AvgIpc) is 2.46. The quantitative estimate of drug-likeness (QED) is 0.800. The Labute approximate surface area is 124 Å². The number of para-hydroxylation sites is 1. The van der Waals surface area contributed by atoms with E-state index in [4.69, 9.17) is 5.26 Å². The van der Waals surface area contributed by atoms with E-state index in [1.807, 2.05) is 19.9 Å². The van der Waals surface area contributed by atoms with Gasteiger partial charge in [0.2, 0.25) is 5.91 Å². The second-order valence-corrected chi connectivity index (χ2v) is 4.78. The van der Waals surface area contributed by atoms with Gasteiger partial charge in [-0.15, -0.1) is 0 Å². The number of methoxy groups -OCH3 is 1. The summed E-state index contributed by atoms with van der Waals surface area (Å²) >= 11 is 0. The number of amides is 1. The number of nitrogens with one attached hydrogen (secondary N) is 1. The third-order valence-corrected chi connectivity index (χ3v) is 2.96. The highest BCUT2D eigenvalue weighted by molar-refractivity contribution is 5.93. The molecule has 0 aliphatic carbocycles. The molecule has 0 radical (unpaired) electrons. The van der Waals surface area contributed by atoms with Crippen molar-refractivity contribution in [3.63, 3.8) is 0 Å². The van der Waals surface area contributed by atoms with Crippen molar-refractivity contribution in [2.24, 2.45) is 0 Å². The van der Waals surface area contributed by atoms with Gasteiger partial charge in [-0.3, -0.25) is 14.5 Å². The zero-order valence-electron chi connectivity index (χ0n) is 12.4. The van der Waals surface area contributed by atoms with Crippen LogP contribution in [0.1, 0.15) is 19.4 Å². The number of benzene rings is 1. The van der Waals surface area contributed by atoms with Gasteiger partial charge in [0, 0.05) is 6.04 Å². The molecule has 112 valence electrons. The molecule has 0 aliphatic heterocycles. The number of hydrogen-bond donors (Lipinski definition) is 1. The molecule has 1 amide bonds. The maximum atomic E-state index is 12.1. The summed E-state index contributed by atoms with van der Waals surface area (Å²) in [6, 6.07) is 8.79. The molecule has 0 spiro atoms. The molecule has 0 saturated carbocycles. The van der Waals surface area contributed by atoms with Crippen LogP contribution in [0.15, 0.2) is 24.3 Å². The van der Waals surface area contributed by atoms with Crippen LogP contribution in [0.5, 0.6) is 0 Å². The Hall–Kier alpha value is -2.39. The lowest BCUT2D eigenvalue weighted by atomic mass is 10.2. The molecule has 1 aromatic carbocycles. The first-order chi connectivity index (χ1) is 9.97. The lowest BCUT2D eigenvalue weighted by Crippen LogP contribution is -2.41. The summed E-state index contributed by atoms with van der Waals surface area (Å²) < 4.78 is 4.61. The van der Waals surface area contributed by atoms with E-state index in [1.165, 1.54) is 7.11 Å². The van der Waals surface area contributed by atoms with Crippen LogP contribution < -0.4 is 5.32 Å². The molecule has 0 atom stereocenters. The van der Waals surface area contributed by atoms with Crippen molar-refractivity contribution in [1.29, 1.82) is 5.26 Å². The summed E-state index contributed by atoms with van der Waals surface area (Å²) in [5.41, 5.74) is 0.863. The van der Waals surface area contributed by atoms with E-state index in [0.717, 1.165) is 0 Å². The number of nitriles is 1. The fourth-order valence-corrected chi connectivity index (χ4v) is 1.72. The fourth-order valence-electron chi connectivity index (χ4n) is 1.72. The summed E-state index contributed by atoms with van der Waals surface area (Å²) in [4.78, 5) is 25.1. The Balaban J connectivity index is 2.70. The first-order valence-corrected chi connectivity index (χ1v) is 6.57. The Morgan fingerprint density at radius 1 is 1.33 bits per heavy atom. The van der Waals surface area contributed by atoms with Gasteiger partial charge in [0.25, 0.3) is 0 Å². The van der Waals surface area contributed by atoms with Crippen molar-refractivity contribution in [3.05, 3.63) is 29.8 Å². The Morgan fingerprint density at radius 2 is 2.00 bits per heavy atom. The maximum absolute atomic E-state index is 12.1. The smallest absolute Gasteiger partial charge is 0.319 e. The number of nitrogens with zero attached hydrogens (tertiary/aromatic N) is 2. The van der Waals surface area contributed by atoms with Gasteiger partial charge in [-0.05, 0) is 26.0 Å². The molecule has 0 saturated heterocycles. The Kier molecular flexibility index (Phi) is 6.37. The van der Waals surface area contributed by atoms with E-state index in [9.17, 15) is 9.59 Å². The number of rotatable bonds is 6. The first-order valence-electron chi connectivity index (χ1n) is 6.57. The van der Waals surface area contributed by atoms with Crippen LogP contribution in [0.25, 0.3) is 0 Å². The van der Waals surface area contributed by atoms with Crippen LogP contribution >= 0.6 is 0 Å². The van der Waals surface area contributed by atoms with Crippen LogP contribution in [-0.4, -0.2) is 43.0 Å². The summed E-state index contributed by atoms with van der Waals surface area (Å²) in [7, 11) is 1.31. The molecule has 21 heavy (non-hydrogen) atoms. The zero-order chi connectivity index (χ0) is 15.8. The van der Waals surface area contributed by atoms with Gasteiger partial charge in [-0.2, -0.15) is 5.26 Å². The average molecular weight is 289 g/mol. The van der Waals surface area contributed by atoms with Gasteiger partial charge in [0.1, 0.15) is 6.07 Å². The van der Waals surface area contributed by atoms with Crippen LogP contribution in [-0.2, 0) is 14.3 Å². The van der Waals surface area contributed by atoms with Crippen LogP contribution in [0, 0.1) is 11.3 Å². The minimum Gasteiger partial charge on any atom is -0.468 e. The number of carbonyl (C=O) groups excluding carboxylic acids is 2. The van der Waals surface area contributed by atoms with Crippen LogP contribution in [0.2, 0.25) is 0 Å². The first kappa shape index (κ1) is 16.7. The van der Waals surface area contributed by atoms with E-state index in [1.54, 1.807) is 29.2 Å². The van der Waals surface area contributed by atoms with Crippen LogP contribution in [0.3, 0.4) is 0 Å². The molecule has 6 heteroatoms. The van der Waals surface area contributed by atoms with Gasteiger partial charge in [-0.25, -0.2) is 0 Å². The molecular formula is C15H19N3O3. The summed E-state index contributed by atoms with van der Waals surface area (Å²) in [5, 5.41) is 11.7. The number of ether oxygens (including phenoxy) is 1. The Morgan fingerprint density at radius 3 is 2.57 bits per heavy atom. The van der Waals surface area contributed by atoms with Crippen LogP contribution in [0.4, 0.5) is 5.69 Å². The lowest BCUT2D eigenvalue weighted by molar-refractivity contribution is -0.142. The minimum absolute atomic E-state index is 0.0149. The molecule has 0 fully saturated rings. The largest absolute Gasteiger partial charge is 0.468 e. The van der Waals surface area contributed by atoms with E-state index < -0.39 is 5.97 Å². The standard InChI is InChI=1S/C15H19N3O3/c1-11(2)18(10-15(20)21-3)9-14(19)17-13-7-5-4-6-12(13)8-16/h4-7,11H,9-10H2,1-3H3,(H,17,19). The van der Waals surface area contributed by atoms with Gasteiger partial charge in [-0.1, -0.05) is 12.1 Å². The van der Waals surface area contributed by atoms with Crippen molar-refractivity contribution in [1.82, 2.24) is 4.90 Å². The normalized spacial score (nSPS) is 10.3. The second kappa shape index (κ2) is 8.02.